The number of hydrogen-bond acceptors (Lipinski definition) is 0. The molecule has 17 heavy (non-hydrogen) atoms. The molecule has 0 radical (unpaired) electrons. The van der Waals surface area contributed by atoms with Crippen LogP contribution >= 0.6 is 0 Å². The first-order valence-electron chi connectivity index (χ1n) is 5.42. The van der Waals surface area contributed by atoms with E-state index in [9.17, 15) is 4.39 Å². The molecule has 0 aliphatic rings. The van der Waals surface area contributed by atoms with Gasteiger partial charge in [0.15, 0.2) is 0 Å². The van der Waals surface area contributed by atoms with Crippen LogP contribution < -0.4 is 4.46 Å². The number of benzene rings is 2. The fourth-order valence-electron chi connectivity index (χ4n) is 1.50. The van der Waals surface area contributed by atoms with Gasteiger partial charge >= 0.3 is 107 Å². The van der Waals surface area contributed by atoms with Crippen LogP contribution in [0.4, 0.5) is 4.39 Å². The van der Waals surface area contributed by atoms with Gasteiger partial charge in [-0.2, -0.15) is 0 Å². The van der Waals surface area contributed by atoms with Crippen LogP contribution in [0.1, 0.15) is 12.5 Å². The van der Waals surface area contributed by atoms with E-state index in [0.29, 0.717) is 5.56 Å². The van der Waals surface area contributed by atoms with Crippen molar-refractivity contribution in [2.45, 2.75) is 6.92 Å². The molecule has 0 atom stereocenters. The van der Waals surface area contributed by atoms with Crippen molar-refractivity contribution in [3.05, 3.63) is 70.7 Å². The van der Waals surface area contributed by atoms with Crippen molar-refractivity contribution in [1.29, 1.82) is 0 Å². The van der Waals surface area contributed by atoms with Crippen molar-refractivity contribution in [2.75, 3.05) is 0 Å². The second kappa shape index (κ2) is 5.81. The van der Waals surface area contributed by atoms with Crippen LogP contribution in [0.3, 0.4) is 0 Å². The monoisotopic (exact) mass is 292 g/mol. The molecule has 0 saturated heterocycles. The van der Waals surface area contributed by atoms with E-state index < -0.39 is 0 Å². The zero-order chi connectivity index (χ0) is 12.1. The Labute approximate surface area is 107 Å². The molecule has 0 amide bonds. The van der Waals surface area contributed by atoms with E-state index in [-0.39, 0.29) is 20.8 Å². The van der Waals surface area contributed by atoms with E-state index >= 15 is 0 Å². The van der Waals surface area contributed by atoms with Crippen LogP contribution in [0.5, 0.6) is 0 Å². The molecule has 0 heterocycles. The van der Waals surface area contributed by atoms with Gasteiger partial charge in [0.25, 0.3) is 0 Å². The second-order valence-corrected chi connectivity index (χ2v) is 6.35. The number of allylic oxidation sites excluding steroid dienone is 1. The third-order valence-corrected chi connectivity index (χ3v) is 4.43. The summed E-state index contributed by atoms with van der Waals surface area (Å²) >= 11 is 0.0567. The van der Waals surface area contributed by atoms with Gasteiger partial charge in [-0.3, -0.25) is 0 Å². The molecule has 0 aliphatic heterocycles. The van der Waals surface area contributed by atoms with Gasteiger partial charge in [0.05, 0.1) is 0 Å². The maximum absolute atomic E-state index is 14.1. The minimum absolute atomic E-state index is 0.0567. The molecule has 0 nitrogen and oxygen atoms in total. The van der Waals surface area contributed by atoms with Gasteiger partial charge in [-0.25, -0.2) is 0 Å². The number of halogens is 1. The summed E-state index contributed by atoms with van der Waals surface area (Å²) < 4.78 is 16.1. The Morgan fingerprint density at radius 1 is 0.882 bits per heavy atom. The Hall–Kier alpha value is -1.37. The molecule has 2 aromatic rings. The quantitative estimate of drug-likeness (QED) is 0.761. The van der Waals surface area contributed by atoms with Crippen LogP contribution in [-0.4, -0.2) is 15.0 Å². The van der Waals surface area contributed by atoms with Crippen molar-refractivity contribution < 1.29 is 4.39 Å². The van der Waals surface area contributed by atoms with Crippen LogP contribution in [0.25, 0.3) is 5.83 Å². The molecule has 0 saturated carbocycles. The number of hydrogen-bond donors (Lipinski definition) is 0. The maximum atomic E-state index is 14.1. The molecule has 0 bridgehead atoms. The van der Waals surface area contributed by atoms with Gasteiger partial charge in [-0.1, -0.05) is 0 Å². The van der Waals surface area contributed by atoms with Gasteiger partial charge in [-0.05, 0) is 0 Å². The van der Waals surface area contributed by atoms with E-state index in [1.165, 1.54) is 4.46 Å². The first kappa shape index (κ1) is 12.1. The Balaban J connectivity index is 2.22. The van der Waals surface area contributed by atoms with Crippen molar-refractivity contribution in [2.24, 2.45) is 0 Å². The van der Waals surface area contributed by atoms with Crippen LogP contribution in [0.2, 0.25) is 0 Å². The SMILES string of the molecule is C/C([Se]c1ccccc1)=C(\F)c1ccccc1. The summed E-state index contributed by atoms with van der Waals surface area (Å²) in [6.07, 6.45) is 0. The molecule has 0 N–H and O–H groups in total. The van der Waals surface area contributed by atoms with Gasteiger partial charge in [0.1, 0.15) is 0 Å². The third-order valence-electron chi connectivity index (χ3n) is 2.35. The van der Waals surface area contributed by atoms with Crippen LogP contribution in [0.15, 0.2) is 65.1 Å². The molecule has 0 aliphatic carbocycles. The van der Waals surface area contributed by atoms with Crippen LogP contribution in [-0.2, 0) is 0 Å². The molecular weight excluding hydrogens is 278 g/mol. The fourth-order valence-corrected chi connectivity index (χ4v) is 3.29. The van der Waals surface area contributed by atoms with E-state index in [1.807, 2.05) is 55.5 Å². The second-order valence-electron chi connectivity index (χ2n) is 3.65. The molecule has 2 heteroatoms. The van der Waals surface area contributed by atoms with E-state index in [2.05, 4.69) is 0 Å². The molecule has 0 aromatic heterocycles. The summed E-state index contributed by atoms with van der Waals surface area (Å²) in [7, 11) is 0. The Morgan fingerprint density at radius 2 is 1.41 bits per heavy atom. The minimum atomic E-state index is -0.0885. The summed E-state index contributed by atoms with van der Waals surface area (Å²) in [5.41, 5.74) is 0.669. The molecule has 2 rings (SSSR count). The molecule has 0 unspecified atom stereocenters. The topological polar surface area (TPSA) is 0 Å². The predicted molar refractivity (Wildman–Crippen MR) is 72.0 cm³/mol. The van der Waals surface area contributed by atoms with E-state index in [4.69, 9.17) is 0 Å². The molecule has 0 fully saturated rings. The Bertz CT molecular complexity index is 503. The Morgan fingerprint density at radius 3 is 2.00 bits per heavy atom. The van der Waals surface area contributed by atoms with Crippen LogP contribution in [0, 0.1) is 0 Å². The van der Waals surface area contributed by atoms with Crippen molar-refractivity contribution in [1.82, 2.24) is 0 Å². The van der Waals surface area contributed by atoms with Gasteiger partial charge in [-0.15, -0.1) is 0 Å². The van der Waals surface area contributed by atoms with E-state index in [1.54, 1.807) is 12.1 Å². The molecule has 0 spiro atoms. The Kier molecular flexibility index (Phi) is 4.13. The van der Waals surface area contributed by atoms with Gasteiger partial charge in [0, 0.05) is 0 Å². The average molecular weight is 291 g/mol. The normalized spacial score (nSPS) is 12.1. The molecular formula is C15H13FSe. The first-order chi connectivity index (χ1) is 8.27. The summed E-state index contributed by atoms with van der Waals surface area (Å²) in [5.74, 6) is -0.0885. The zero-order valence-electron chi connectivity index (χ0n) is 9.56. The fraction of sp³-hybridized carbons (Fsp3) is 0.0667. The third kappa shape index (κ3) is 3.29. The van der Waals surface area contributed by atoms with Gasteiger partial charge < -0.3 is 0 Å². The summed E-state index contributed by atoms with van der Waals surface area (Å²) in [6, 6.07) is 19.3. The molecule has 2 aromatic carbocycles. The first-order valence-corrected chi connectivity index (χ1v) is 7.13. The molecule has 86 valence electrons. The summed E-state index contributed by atoms with van der Waals surface area (Å²) in [6.45, 7) is 1.87. The number of rotatable bonds is 3. The average Bonchev–Trinajstić information content (AvgIpc) is 2.40. The van der Waals surface area contributed by atoms with Gasteiger partial charge in [0.2, 0.25) is 0 Å². The van der Waals surface area contributed by atoms with Crippen molar-refractivity contribution in [3.63, 3.8) is 0 Å². The summed E-state index contributed by atoms with van der Waals surface area (Å²) in [5, 5.41) is 0. The van der Waals surface area contributed by atoms with E-state index in [0.717, 1.165) is 4.47 Å². The predicted octanol–water partition coefficient (Wildman–Crippen LogP) is 3.37. The van der Waals surface area contributed by atoms with Crippen molar-refractivity contribution in [3.8, 4) is 0 Å². The summed E-state index contributed by atoms with van der Waals surface area (Å²) in [4.78, 5) is 0. The zero-order valence-corrected chi connectivity index (χ0v) is 11.3. The standard InChI is InChI=1S/C15H13FSe/c1-12(17-14-10-6-3-7-11-14)15(16)13-8-4-2-5-9-13/h2-11H,1H3/b15-12+. The van der Waals surface area contributed by atoms with Crippen molar-refractivity contribution >= 4 is 25.2 Å².